The number of para-hydroxylation sites is 1. The van der Waals surface area contributed by atoms with E-state index in [0.717, 1.165) is 29.5 Å². The summed E-state index contributed by atoms with van der Waals surface area (Å²) in [6, 6.07) is 13.4. The number of nitrogens with zero attached hydrogens (tertiary/aromatic N) is 3. The molecule has 3 rings (SSSR count). The highest BCUT2D eigenvalue weighted by atomic mass is 79.9. The quantitative estimate of drug-likeness (QED) is 0.711. The summed E-state index contributed by atoms with van der Waals surface area (Å²) in [6.45, 7) is 5.75. The number of aromatic nitrogens is 1. The van der Waals surface area contributed by atoms with E-state index >= 15 is 0 Å². The first kappa shape index (κ1) is 21.5. The van der Waals surface area contributed by atoms with Crippen LogP contribution in [-0.4, -0.2) is 47.4 Å². The number of carbonyl (C=O) groups excluding carboxylic acids is 2. The van der Waals surface area contributed by atoms with Gasteiger partial charge >= 0.3 is 0 Å². The number of pyridine rings is 1. The molecule has 29 heavy (non-hydrogen) atoms. The Balaban J connectivity index is 1.60. The third kappa shape index (κ3) is 5.87. The molecule has 7 heteroatoms. The fraction of sp³-hybridized carbons (Fsp3) is 0.409. The van der Waals surface area contributed by atoms with Crippen LogP contribution in [0.2, 0.25) is 0 Å². The molecule has 154 valence electrons. The Labute approximate surface area is 180 Å². The van der Waals surface area contributed by atoms with Crippen LogP contribution in [0.15, 0.2) is 53.1 Å². The first-order chi connectivity index (χ1) is 13.9. The predicted molar refractivity (Wildman–Crippen MR) is 119 cm³/mol. The second kappa shape index (κ2) is 9.98. The molecule has 0 radical (unpaired) electrons. The molecule has 1 unspecified atom stereocenters. The van der Waals surface area contributed by atoms with Gasteiger partial charge in [-0.15, -0.1) is 0 Å². The van der Waals surface area contributed by atoms with Gasteiger partial charge in [0.1, 0.15) is 5.82 Å². The summed E-state index contributed by atoms with van der Waals surface area (Å²) in [6.07, 6.45) is 3.37. The van der Waals surface area contributed by atoms with Gasteiger partial charge in [0, 0.05) is 28.9 Å². The number of rotatable bonds is 6. The molecule has 1 N–H and O–H groups in total. The van der Waals surface area contributed by atoms with Crippen molar-refractivity contribution in [3.05, 3.63) is 53.1 Å². The van der Waals surface area contributed by atoms with Gasteiger partial charge in [-0.2, -0.15) is 0 Å². The summed E-state index contributed by atoms with van der Waals surface area (Å²) in [4.78, 5) is 33.8. The van der Waals surface area contributed by atoms with Crippen molar-refractivity contribution in [3.63, 3.8) is 0 Å². The number of amides is 2. The molecule has 1 fully saturated rings. The zero-order valence-corrected chi connectivity index (χ0v) is 18.4. The van der Waals surface area contributed by atoms with E-state index in [2.05, 4.69) is 31.1 Å². The van der Waals surface area contributed by atoms with E-state index in [9.17, 15) is 9.59 Å². The number of nitrogens with one attached hydrogen (secondary N) is 1. The fourth-order valence-electron chi connectivity index (χ4n) is 3.68. The van der Waals surface area contributed by atoms with Crippen LogP contribution in [0.25, 0.3) is 0 Å². The molecule has 0 saturated carbocycles. The first-order valence-electron chi connectivity index (χ1n) is 9.96. The maximum Gasteiger partial charge on any atom is 0.241 e. The number of piperidine rings is 1. The van der Waals surface area contributed by atoms with Crippen molar-refractivity contribution in [3.8, 4) is 0 Å². The van der Waals surface area contributed by atoms with Gasteiger partial charge in [0.05, 0.1) is 12.5 Å². The average Bonchev–Trinajstić information content (AvgIpc) is 2.70. The smallest absolute Gasteiger partial charge is 0.241 e. The molecule has 0 bridgehead atoms. The van der Waals surface area contributed by atoms with Gasteiger partial charge in [-0.05, 0) is 73.4 Å². The van der Waals surface area contributed by atoms with Gasteiger partial charge in [0.2, 0.25) is 11.8 Å². The lowest BCUT2D eigenvalue weighted by molar-refractivity contribution is -0.124. The van der Waals surface area contributed by atoms with Crippen molar-refractivity contribution < 1.29 is 9.59 Å². The largest absolute Gasteiger partial charge is 0.310 e. The van der Waals surface area contributed by atoms with E-state index < -0.39 is 0 Å². The van der Waals surface area contributed by atoms with E-state index in [1.54, 1.807) is 12.3 Å². The lowest BCUT2D eigenvalue weighted by atomic mass is 9.97. The van der Waals surface area contributed by atoms with E-state index in [0.29, 0.717) is 18.9 Å². The van der Waals surface area contributed by atoms with Crippen LogP contribution >= 0.6 is 15.9 Å². The standard InChI is InChI=1S/C22H27BrN4O2/c1-16(2)27(19-8-4-3-5-9-19)21(28)15-26-12-6-7-17(14-26)22(29)25-20-11-10-18(23)13-24-20/h3-5,8-11,13,16-17H,6-7,12,14-15H2,1-2H3,(H,24,25,29). The first-order valence-corrected chi connectivity index (χ1v) is 10.7. The molecule has 2 aromatic rings. The zero-order valence-electron chi connectivity index (χ0n) is 16.8. The fourth-order valence-corrected chi connectivity index (χ4v) is 3.91. The maximum absolute atomic E-state index is 13.0. The minimum Gasteiger partial charge on any atom is -0.310 e. The zero-order chi connectivity index (χ0) is 20.8. The topological polar surface area (TPSA) is 65.5 Å². The van der Waals surface area contributed by atoms with Crippen molar-refractivity contribution in [1.29, 1.82) is 0 Å². The van der Waals surface area contributed by atoms with Crippen LogP contribution in [0.4, 0.5) is 11.5 Å². The van der Waals surface area contributed by atoms with Crippen molar-refractivity contribution >= 4 is 39.2 Å². The molecule has 6 nitrogen and oxygen atoms in total. The van der Waals surface area contributed by atoms with Crippen LogP contribution in [0, 0.1) is 5.92 Å². The van der Waals surface area contributed by atoms with Crippen molar-refractivity contribution in [2.24, 2.45) is 5.92 Å². The van der Waals surface area contributed by atoms with Crippen LogP contribution in [-0.2, 0) is 9.59 Å². The lowest BCUT2D eigenvalue weighted by Crippen LogP contribution is -2.48. The van der Waals surface area contributed by atoms with E-state index in [4.69, 9.17) is 0 Å². The van der Waals surface area contributed by atoms with Gasteiger partial charge in [0.25, 0.3) is 0 Å². The number of likely N-dealkylation sites (tertiary alicyclic amines) is 1. The molecule has 2 heterocycles. The molecule has 0 aliphatic carbocycles. The Kier molecular flexibility index (Phi) is 7.39. The Hall–Kier alpha value is -2.25. The van der Waals surface area contributed by atoms with Crippen molar-refractivity contribution in [1.82, 2.24) is 9.88 Å². The third-order valence-corrected chi connectivity index (χ3v) is 5.50. The van der Waals surface area contributed by atoms with Gasteiger partial charge in [-0.3, -0.25) is 14.5 Å². The van der Waals surface area contributed by atoms with Gasteiger partial charge in [0.15, 0.2) is 0 Å². The molecule has 1 atom stereocenters. The Morgan fingerprint density at radius 3 is 2.66 bits per heavy atom. The summed E-state index contributed by atoms with van der Waals surface area (Å²) in [5.41, 5.74) is 0.903. The van der Waals surface area contributed by atoms with Crippen LogP contribution in [0.3, 0.4) is 0 Å². The maximum atomic E-state index is 13.0. The molecule has 0 spiro atoms. The summed E-state index contributed by atoms with van der Waals surface area (Å²) >= 11 is 3.34. The van der Waals surface area contributed by atoms with Gasteiger partial charge < -0.3 is 10.2 Å². The monoisotopic (exact) mass is 458 g/mol. The van der Waals surface area contributed by atoms with Gasteiger partial charge in [-0.25, -0.2) is 4.98 Å². The number of benzene rings is 1. The molecule has 1 aromatic carbocycles. The van der Waals surface area contributed by atoms with Crippen LogP contribution in [0.5, 0.6) is 0 Å². The minimum absolute atomic E-state index is 0.0410. The highest BCUT2D eigenvalue weighted by molar-refractivity contribution is 9.10. The number of hydrogen-bond donors (Lipinski definition) is 1. The number of halogens is 1. The normalized spacial score (nSPS) is 17.2. The Morgan fingerprint density at radius 1 is 1.24 bits per heavy atom. The second-order valence-corrected chi connectivity index (χ2v) is 8.53. The lowest BCUT2D eigenvalue weighted by Gasteiger charge is -2.34. The molecular weight excluding hydrogens is 432 g/mol. The third-order valence-electron chi connectivity index (χ3n) is 5.03. The highest BCUT2D eigenvalue weighted by Gasteiger charge is 2.29. The number of hydrogen-bond acceptors (Lipinski definition) is 4. The van der Waals surface area contributed by atoms with Gasteiger partial charge in [-0.1, -0.05) is 18.2 Å². The van der Waals surface area contributed by atoms with E-state index in [-0.39, 0.29) is 23.8 Å². The molecule has 1 aliphatic rings. The summed E-state index contributed by atoms with van der Waals surface area (Å²) in [5, 5.41) is 2.89. The summed E-state index contributed by atoms with van der Waals surface area (Å²) < 4.78 is 0.867. The highest BCUT2D eigenvalue weighted by Crippen LogP contribution is 2.21. The Morgan fingerprint density at radius 2 is 2.00 bits per heavy atom. The number of carbonyl (C=O) groups is 2. The van der Waals surface area contributed by atoms with Crippen LogP contribution in [0.1, 0.15) is 26.7 Å². The second-order valence-electron chi connectivity index (χ2n) is 7.62. The van der Waals surface area contributed by atoms with Crippen molar-refractivity contribution in [2.45, 2.75) is 32.7 Å². The molecule has 2 amide bonds. The summed E-state index contributed by atoms with van der Waals surface area (Å²) in [5.74, 6) is 0.412. The summed E-state index contributed by atoms with van der Waals surface area (Å²) in [7, 11) is 0. The minimum atomic E-state index is -0.147. The molecule has 1 aromatic heterocycles. The molecule has 1 saturated heterocycles. The SMILES string of the molecule is CC(C)N(C(=O)CN1CCCC(C(=O)Nc2ccc(Br)cn2)C1)c1ccccc1. The van der Waals surface area contributed by atoms with Crippen molar-refractivity contribution in [2.75, 3.05) is 29.9 Å². The average molecular weight is 459 g/mol. The predicted octanol–water partition coefficient (Wildman–Crippen LogP) is 3.94. The molecule has 1 aliphatic heterocycles. The van der Waals surface area contributed by atoms with Crippen LogP contribution < -0.4 is 10.2 Å². The van der Waals surface area contributed by atoms with E-state index in [1.165, 1.54) is 0 Å². The molecular formula is C22H27BrN4O2. The van der Waals surface area contributed by atoms with E-state index in [1.807, 2.05) is 55.1 Å². The Bertz CT molecular complexity index is 826. The number of anilines is 2.